The predicted molar refractivity (Wildman–Crippen MR) is 107 cm³/mol. The minimum absolute atomic E-state index is 0.225. The van der Waals surface area contributed by atoms with Crippen LogP contribution >= 0.6 is 23.2 Å². The summed E-state index contributed by atoms with van der Waals surface area (Å²) in [6.45, 7) is 0. The molecule has 0 aromatic heterocycles. The van der Waals surface area contributed by atoms with E-state index in [0.29, 0.717) is 15.6 Å². The van der Waals surface area contributed by atoms with Crippen molar-refractivity contribution in [2.75, 3.05) is 0 Å². The van der Waals surface area contributed by atoms with Gasteiger partial charge in [0, 0.05) is 5.56 Å². The Morgan fingerprint density at radius 2 is 1.42 bits per heavy atom. The molecule has 26 heavy (non-hydrogen) atoms. The van der Waals surface area contributed by atoms with Crippen molar-refractivity contribution in [2.24, 2.45) is 5.10 Å². The maximum atomic E-state index is 12.8. The van der Waals surface area contributed by atoms with E-state index < -0.39 is 5.92 Å². The predicted octanol–water partition coefficient (Wildman–Crippen LogP) is 5.28. The summed E-state index contributed by atoms with van der Waals surface area (Å²) in [6.07, 6.45) is 1.49. The van der Waals surface area contributed by atoms with Crippen LogP contribution in [0.2, 0.25) is 10.0 Å². The van der Waals surface area contributed by atoms with E-state index in [9.17, 15) is 4.79 Å². The van der Waals surface area contributed by atoms with Crippen molar-refractivity contribution in [1.29, 1.82) is 0 Å². The van der Waals surface area contributed by atoms with E-state index in [1.165, 1.54) is 6.21 Å². The van der Waals surface area contributed by atoms with Crippen LogP contribution in [0.25, 0.3) is 0 Å². The number of hydrogen-bond acceptors (Lipinski definition) is 2. The summed E-state index contributed by atoms with van der Waals surface area (Å²) in [4.78, 5) is 12.8. The van der Waals surface area contributed by atoms with Crippen LogP contribution in [0.3, 0.4) is 0 Å². The van der Waals surface area contributed by atoms with Crippen LogP contribution in [-0.4, -0.2) is 12.1 Å². The lowest BCUT2D eigenvalue weighted by Gasteiger charge is -2.16. The van der Waals surface area contributed by atoms with Crippen LogP contribution < -0.4 is 5.43 Å². The fourth-order valence-electron chi connectivity index (χ4n) is 2.64. The Hall–Kier alpha value is -2.62. The second-order valence-corrected chi connectivity index (χ2v) is 6.42. The average Bonchev–Trinajstić information content (AvgIpc) is 2.67. The smallest absolute Gasteiger partial charge is 0.252 e. The van der Waals surface area contributed by atoms with E-state index in [4.69, 9.17) is 23.2 Å². The number of rotatable bonds is 5. The largest absolute Gasteiger partial charge is 0.272 e. The van der Waals surface area contributed by atoms with Crippen molar-refractivity contribution < 1.29 is 4.79 Å². The van der Waals surface area contributed by atoms with Gasteiger partial charge in [-0.05, 0) is 17.2 Å². The summed E-state index contributed by atoms with van der Waals surface area (Å²) >= 11 is 12.1. The number of carbonyl (C=O) groups is 1. The molecule has 3 nitrogen and oxygen atoms in total. The number of hydrazone groups is 1. The lowest BCUT2D eigenvalue weighted by Crippen LogP contribution is -2.26. The van der Waals surface area contributed by atoms with E-state index in [1.54, 1.807) is 18.2 Å². The molecule has 0 saturated carbocycles. The lowest BCUT2D eigenvalue weighted by atomic mass is 9.91. The second-order valence-electron chi connectivity index (χ2n) is 5.63. The van der Waals surface area contributed by atoms with Gasteiger partial charge in [0.2, 0.25) is 0 Å². The van der Waals surface area contributed by atoms with Gasteiger partial charge in [0.15, 0.2) is 0 Å². The standard InChI is InChI=1S/C21H16Cl2N2O/c22-18-13-7-12-17(20(18)23)14-24-25-21(26)19(15-8-3-1-4-9-15)16-10-5-2-6-11-16/h1-14,19H,(H,25,26)/b24-14+. The molecular weight excluding hydrogens is 367 g/mol. The monoisotopic (exact) mass is 382 g/mol. The molecule has 1 amide bonds. The quantitative estimate of drug-likeness (QED) is 0.473. The molecule has 0 saturated heterocycles. The molecule has 0 aliphatic rings. The van der Waals surface area contributed by atoms with Crippen molar-refractivity contribution in [3.8, 4) is 0 Å². The molecule has 0 aliphatic heterocycles. The third-order valence-corrected chi connectivity index (χ3v) is 4.72. The van der Waals surface area contributed by atoms with E-state index in [0.717, 1.165) is 11.1 Å². The van der Waals surface area contributed by atoms with Crippen LogP contribution in [0.1, 0.15) is 22.6 Å². The lowest BCUT2D eigenvalue weighted by molar-refractivity contribution is -0.121. The van der Waals surface area contributed by atoms with Crippen LogP contribution in [0.5, 0.6) is 0 Å². The number of nitrogens with zero attached hydrogens (tertiary/aromatic N) is 1. The molecule has 3 aromatic rings. The van der Waals surface area contributed by atoms with E-state index in [1.807, 2.05) is 60.7 Å². The molecule has 0 unspecified atom stereocenters. The number of benzene rings is 3. The zero-order valence-corrected chi connectivity index (χ0v) is 15.3. The van der Waals surface area contributed by atoms with Crippen molar-refractivity contribution in [2.45, 2.75) is 5.92 Å². The van der Waals surface area contributed by atoms with Crippen LogP contribution in [0.15, 0.2) is 84.0 Å². The van der Waals surface area contributed by atoms with Gasteiger partial charge in [-0.2, -0.15) is 5.10 Å². The Labute approximate surface area is 162 Å². The minimum Gasteiger partial charge on any atom is -0.272 e. The number of nitrogens with one attached hydrogen (secondary N) is 1. The van der Waals surface area contributed by atoms with Gasteiger partial charge in [0.25, 0.3) is 5.91 Å². The van der Waals surface area contributed by atoms with E-state index >= 15 is 0 Å². The molecule has 1 N–H and O–H groups in total. The van der Waals surface area contributed by atoms with Gasteiger partial charge < -0.3 is 0 Å². The number of carbonyl (C=O) groups excluding carboxylic acids is 1. The third kappa shape index (κ3) is 4.31. The van der Waals surface area contributed by atoms with Crippen LogP contribution in [-0.2, 0) is 4.79 Å². The van der Waals surface area contributed by atoms with Crippen molar-refractivity contribution >= 4 is 35.3 Å². The summed E-state index contributed by atoms with van der Waals surface area (Å²) < 4.78 is 0. The average molecular weight is 383 g/mol. The van der Waals surface area contributed by atoms with Crippen molar-refractivity contribution in [1.82, 2.24) is 5.43 Å². The molecular formula is C21H16Cl2N2O. The molecule has 3 rings (SSSR count). The first-order chi connectivity index (χ1) is 12.7. The van der Waals surface area contributed by atoms with Gasteiger partial charge >= 0.3 is 0 Å². The highest BCUT2D eigenvalue weighted by atomic mass is 35.5. The molecule has 5 heteroatoms. The Morgan fingerprint density at radius 3 is 2.00 bits per heavy atom. The summed E-state index contributed by atoms with van der Waals surface area (Å²) in [6, 6.07) is 24.4. The van der Waals surface area contributed by atoms with Gasteiger partial charge in [-0.15, -0.1) is 0 Å². The Kier molecular flexibility index (Phi) is 6.05. The molecule has 0 aliphatic carbocycles. The maximum absolute atomic E-state index is 12.8. The fraction of sp³-hybridized carbons (Fsp3) is 0.0476. The molecule has 0 atom stereocenters. The zero-order valence-electron chi connectivity index (χ0n) is 13.8. The van der Waals surface area contributed by atoms with Gasteiger partial charge in [-0.25, -0.2) is 5.43 Å². The van der Waals surface area contributed by atoms with E-state index in [-0.39, 0.29) is 5.91 Å². The molecule has 0 spiro atoms. The Morgan fingerprint density at radius 1 is 0.846 bits per heavy atom. The summed E-state index contributed by atoms with van der Waals surface area (Å²) in [5.41, 5.74) is 5.03. The Balaban J connectivity index is 1.82. The van der Waals surface area contributed by atoms with Crippen LogP contribution in [0.4, 0.5) is 0 Å². The minimum atomic E-state index is -0.454. The van der Waals surface area contributed by atoms with Crippen LogP contribution in [0, 0.1) is 0 Å². The van der Waals surface area contributed by atoms with Gasteiger partial charge in [-0.1, -0.05) is 96.0 Å². The molecule has 3 aromatic carbocycles. The molecule has 0 bridgehead atoms. The SMILES string of the molecule is O=C(N/N=C/c1cccc(Cl)c1Cl)C(c1ccccc1)c1ccccc1. The molecule has 0 heterocycles. The van der Waals surface area contributed by atoms with Gasteiger partial charge in [0.1, 0.15) is 0 Å². The third-order valence-electron chi connectivity index (χ3n) is 3.89. The molecule has 130 valence electrons. The van der Waals surface area contributed by atoms with Gasteiger partial charge in [-0.3, -0.25) is 4.79 Å². The van der Waals surface area contributed by atoms with E-state index in [2.05, 4.69) is 10.5 Å². The topological polar surface area (TPSA) is 41.5 Å². The normalized spacial score (nSPS) is 11.0. The fourth-order valence-corrected chi connectivity index (χ4v) is 2.99. The molecule has 0 fully saturated rings. The number of hydrogen-bond donors (Lipinski definition) is 1. The number of halogens is 2. The summed E-state index contributed by atoms with van der Waals surface area (Å²) in [7, 11) is 0. The molecule has 0 radical (unpaired) electrons. The summed E-state index contributed by atoms with van der Waals surface area (Å²) in [5.74, 6) is -0.679. The number of amides is 1. The van der Waals surface area contributed by atoms with Crippen molar-refractivity contribution in [3.05, 3.63) is 106 Å². The Bertz CT molecular complexity index is 872. The van der Waals surface area contributed by atoms with Crippen molar-refractivity contribution in [3.63, 3.8) is 0 Å². The second kappa shape index (κ2) is 8.65. The first-order valence-corrected chi connectivity index (χ1v) is 8.79. The first kappa shape index (κ1) is 18.2. The first-order valence-electron chi connectivity index (χ1n) is 8.03. The highest BCUT2D eigenvalue weighted by Gasteiger charge is 2.22. The summed E-state index contributed by atoms with van der Waals surface area (Å²) in [5, 5.41) is 4.88. The highest BCUT2D eigenvalue weighted by molar-refractivity contribution is 6.43. The van der Waals surface area contributed by atoms with Gasteiger partial charge in [0.05, 0.1) is 22.2 Å². The highest BCUT2D eigenvalue weighted by Crippen LogP contribution is 2.25. The zero-order chi connectivity index (χ0) is 18.4. The maximum Gasteiger partial charge on any atom is 0.252 e.